The third kappa shape index (κ3) is 2.77. The standard InChI is InChI=1S/C11H13N5O2/c1-17-7-2-4-8(5-3-7)18-10-6-9(16-13)14-11(12)15-10/h2-6H,13H2,1H3,(H3,12,14,15,16). The number of ether oxygens (including phenoxy) is 2. The van der Waals surface area contributed by atoms with Crippen molar-refractivity contribution in [3.63, 3.8) is 0 Å². The maximum Gasteiger partial charge on any atom is 0.226 e. The third-order valence-corrected chi connectivity index (χ3v) is 2.15. The number of benzene rings is 1. The number of hydrogen-bond acceptors (Lipinski definition) is 7. The number of anilines is 2. The number of hydrazine groups is 1. The van der Waals surface area contributed by atoms with Gasteiger partial charge in [0.05, 0.1) is 7.11 Å². The summed E-state index contributed by atoms with van der Waals surface area (Å²) in [6.45, 7) is 0. The van der Waals surface area contributed by atoms with Crippen LogP contribution in [0.4, 0.5) is 11.8 Å². The summed E-state index contributed by atoms with van der Waals surface area (Å²) >= 11 is 0. The van der Waals surface area contributed by atoms with Crippen LogP contribution in [0.5, 0.6) is 17.4 Å². The van der Waals surface area contributed by atoms with Gasteiger partial charge in [-0.15, -0.1) is 0 Å². The van der Waals surface area contributed by atoms with E-state index in [0.717, 1.165) is 5.75 Å². The highest BCUT2D eigenvalue weighted by molar-refractivity contribution is 5.43. The van der Waals surface area contributed by atoms with E-state index in [-0.39, 0.29) is 5.95 Å². The molecule has 0 atom stereocenters. The summed E-state index contributed by atoms with van der Waals surface area (Å²) in [6.07, 6.45) is 0. The summed E-state index contributed by atoms with van der Waals surface area (Å²) in [4.78, 5) is 7.79. The fourth-order valence-electron chi connectivity index (χ4n) is 1.33. The van der Waals surface area contributed by atoms with Gasteiger partial charge in [0.25, 0.3) is 0 Å². The van der Waals surface area contributed by atoms with Crippen molar-refractivity contribution < 1.29 is 9.47 Å². The first-order valence-electron chi connectivity index (χ1n) is 5.14. The molecular formula is C11H13N5O2. The van der Waals surface area contributed by atoms with E-state index in [9.17, 15) is 0 Å². The number of nitrogen functional groups attached to an aromatic ring is 2. The fraction of sp³-hybridized carbons (Fsp3) is 0.0909. The molecule has 94 valence electrons. The van der Waals surface area contributed by atoms with Gasteiger partial charge in [0.2, 0.25) is 11.8 Å². The Kier molecular flexibility index (Phi) is 3.44. The molecule has 0 aliphatic rings. The second-order valence-corrected chi connectivity index (χ2v) is 3.37. The number of nitrogens with one attached hydrogen (secondary N) is 1. The normalized spacial score (nSPS) is 9.89. The van der Waals surface area contributed by atoms with Gasteiger partial charge in [-0.25, -0.2) is 5.84 Å². The van der Waals surface area contributed by atoms with Gasteiger partial charge < -0.3 is 20.6 Å². The number of rotatable bonds is 4. The Morgan fingerprint density at radius 3 is 2.39 bits per heavy atom. The highest BCUT2D eigenvalue weighted by Gasteiger charge is 2.04. The smallest absolute Gasteiger partial charge is 0.226 e. The van der Waals surface area contributed by atoms with Gasteiger partial charge in [-0.3, -0.25) is 0 Å². The van der Waals surface area contributed by atoms with Crippen LogP contribution in [0.3, 0.4) is 0 Å². The minimum atomic E-state index is 0.0777. The van der Waals surface area contributed by atoms with Gasteiger partial charge >= 0.3 is 0 Å². The van der Waals surface area contributed by atoms with E-state index in [0.29, 0.717) is 17.4 Å². The predicted octanol–water partition coefficient (Wildman–Crippen LogP) is 1.15. The summed E-state index contributed by atoms with van der Waals surface area (Å²) in [5, 5.41) is 0. The first kappa shape index (κ1) is 11.9. The van der Waals surface area contributed by atoms with Crippen LogP contribution in [0.1, 0.15) is 0 Å². The minimum absolute atomic E-state index is 0.0777. The number of hydrogen-bond donors (Lipinski definition) is 3. The zero-order valence-corrected chi connectivity index (χ0v) is 9.75. The molecule has 1 aromatic carbocycles. The Bertz CT molecular complexity index is 529. The molecule has 2 rings (SSSR count). The van der Waals surface area contributed by atoms with Crippen LogP contribution < -0.4 is 26.5 Å². The van der Waals surface area contributed by atoms with Crippen LogP contribution in [0.15, 0.2) is 30.3 Å². The van der Waals surface area contributed by atoms with Gasteiger partial charge in [0.15, 0.2) is 0 Å². The monoisotopic (exact) mass is 247 g/mol. The van der Waals surface area contributed by atoms with Crippen molar-refractivity contribution in [2.75, 3.05) is 18.3 Å². The maximum atomic E-state index is 5.52. The summed E-state index contributed by atoms with van der Waals surface area (Å²) in [5.41, 5.74) is 7.90. The number of aromatic nitrogens is 2. The molecule has 2 aromatic rings. The molecule has 0 bridgehead atoms. The highest BCUT2D eigenvalue weighted by Crippen LogP contribution is 2.23. The van der Waals surface area contributed by atoms with Crippen molar-refractivity contribution in [2.24, 2.45) is 5.84 Å². The Hall–Kier alpha value is -2.54. The number of nitrogens with zero attached hydrogens (tertiary/aromatic N) is 2. The molecule has 0 spiro atoms. The van der Waals surface area contributed by atoms with Crippen molar-refractivity contribution in [2.45, 2.75) is 0 Å². The van der Waals surface area contributed by atoms with Crippen LogP contribution in [-0.4, -0.2) is 17.1 Å². The molecule has 0 amide bonds. The minimum Gasteiger partial charge on any atom is -0.497 e. The van der Waals surface area contributed by atoms with Gasteiger partial charge in [0, 0.05) is 6.07 Å². The van der Waals surface area contributed by atoms with Gasteiger partial charge in [0.1, 0.15) is 17.3 Å². The largest absolute Gasteiger partial charge is 0.497 e. The second-order valence-electron chi connectivity index (χ2n) is 3.37. The van der Waals surface area contributed by atoms with Gasteiger partial charge in [-0.1, -0.05) is 0 Å². The van der Waals surface area contributed by atoms with Crippen molar-refractivity contribution in [1.82, 2.24) is 9.97 Å². The Morgan fingerprint density at radius 2 is 1.78 bits per heavy atom. The number of methoxy groups -OCH3 is 1. The van der Waals surface area contributed by atoms with E-state index in [1.54, 1.807) is 37.4 Å². The summed E-state index contributed by atoms with van der Waals surface area (Å²) in [6, 6.07) is 8.61. The summed E-state index contributed by atoms with van der Waals surface area (Å²) < 4.78 is 10.6. The van der Waals surface area contributed by atoms with Crippen molar-refractivity contribution in [1.29, 1.82) is 0 Å². The van der Waals surface area contributed by atoms with E-state index in [2.05, 4.69) is 15.4 Å². The SMILES string of the molecule is COc1ccc(Oc2cc(NN)nc(N)n2)cc1. The predicted molar refractivity (Wildman–Crippen MR) is 67.3 cm³/mol. The average molecular weight is 247 g/mol. The molecule has 0 unspecified atom stereocenters. The Morgan fingerprint density at radius 1 is 1.11 bits per heavy atom. The topological polar surface area (TPSA) is 108 Å². The molecule has 1 aromatic heterocycles. The molecule has 5 N–H and O–H groups in total. The Labute approximate surface area is 104 Å². The zero-order chi connectivity index (χ0) is 13.0. The maximum absolute atomic E-state index is 5.52. The van der Waals surface area contributed by atoms with Crippen molar-refractivity contribution in [3.8, 4) is 17.4 Å². The van der Waals surface area contributed by atoms with Crippen molar-refractivity contribution >= 4 is 11.8 Å². The van der Waals surface area contributed by atoms with E-state index in [1.807, 2.05) is 0 Å². The van der Waals surface area contributed by atoms with Crippen molar-refractivity contribution in [3.05, 3.63) is 30.3 Å². The lowest BCUT2D eigenvalue weighted by Gasteiger charge is -2.07. The van der Waals surface area contributed by atoms with Crippen LogP contribution in [0, 0.1) is 0 Å². The molecule has 0 radical (unpaired) electrons. The molecule has 0 saturated heterocycles. The molecule has 0 aliphatic carbocycles. The lowest BCUT2D eigenvalue weighted by Crippen LogP contribution is -2.10. The lowest BCUT2D eigenvalue weighted by atomic mass is 10.3. The van der Waals surface area contributed by atoms with Crippen LogP contribution >= 0.6 is 0 Å². The Balaban J connectivity index is 2.19. The molecule has 7 nitrogen and oxygen atoms in total. The first-order valence-corrected chi connectivity index (χ1v) is 5.14. The third-order valence-electron chi connectivity index (χ3n) is 2.15. The molecule has 0 fully saturated rings. The van der Waals surface area contributed by atoms with E-state index < -0.39 is 0 Å². The van der Waals surface area contributed by atoms with E-state index >= 15 is 0 Å². The summed E-state index contributed by atoms with van der Waals surface area (Å²) in [5.74, 6) is 7.37. The molecule has 1 heterocycles. The average Bonchev–Trinajstić information content (AvgIpc) is 2.39. The van der Waals surface area contributed by atoms with Crippen LogP contribution in [0.25, 0.3) is 0 Å². The van der Waals surface area contributed by atoms with Crippen LogP contribution in [-0.2, 0) is 0 Å². The molecule has 18 heavy (non-hydrogen) atoms. The highest BCUT2D eigenvalue weighted by atomic mass is 16.5. The summed E-state index contributed by atoms with van der Waals surface area (Å²) in [7, 11) is 1.60. The van der Waals surface area contributed by atoms with E-state index in [1.165, 1.54) is 0 Å². The molecular weight excluding hydrogens is 234 g/mol. The first-order chi connectivity index (χ1) is 8.71. The lowest BCUT2D eigenvalue weighted by molar-refractivity contribution is 0.412. The quantitative estimate of drug-likeness (QED) is 0.549. The molecule has 0 saturated carbocycles. The molecule has 0 aliphatic heterocycles. The number of nitrogens with two attached hydrogens (primary N) is 2. The fourth-order valence-corrected chi connectivity index (χ4v) is 1.33. The second kappa shape index (κ2) is 5.19. The van der Waals surface area contributed by atoms with E-state index in [4.69, 9.17) is 21.1 Å². The van der Waals surface area contributed by atoms with Crippen LogP contribution in [0.2, 0.25) is 0 Å². The van der Waals surface area contributed by atoms with Gasteiger partial charge in [-0.05, 0) is 24.3 Å². The molecule has 7 heteroatoms. The zero-order valence-electron chi connectivity index (χ0n) is 9.75. The van der Waals surface area contributed by atoms with Gasteiger partial charge in [-0.2, -0.15) is 9.97 Å².